The van der Waals surface area contributed by atoms with E-state index in [4.69, 9.17) is 4.74 Å². The van der Waals surface area contributed by atoms with E-state index < -0.39 is 0 Å². The zero-order valence-corrected chi connectivity index (χ0v) is 12.3. The van der Waals surface area contributed by atoms with E-state index >= 15 is 0 Å². The molecule has 0 spiro atoms. The maximum absolute atomic E-state index is 5.55. The van der Waals surface area contributed by atoms with Crippen molar-refractivity contribution in [3.05, 3.63) is 47.8 Å². The Bertz CT molecular complexity index is 555. The molecule has 0 bridgehead atoms. The summed E-state index contributed by atoms with van der Waals surface area (Å²) in [6, 6.07) is 10.3. The van der Waals surface area contributed by atoms with Gasteiger partial charge < -0.3 is 10.1 Å². The van der Waals surface area contributed by atoms with Crippen LogP contribution in [0.4, 0.5) is 5.82 Å². The molecule has 0 radical (unpaired) electrons. The van der Waals surface area contributed by atoms with E-state index in [1.807, 2.05) is 19.9 Å². The Kier molecular flexibility index (Phi) is 4.93. The Labute approximate surface area is 120 Å². The van der Waals surface area contributed by atoms with E-state index in [1.54, 1.807) is 0 Å². The molecule has 0 atom stereocenters. The van der Waals surface area contributed by atoms with Crippen LogP contribution in [0.2, 0.25) is 0 Å². The smallest absolute Gasteiger partial charge is 0.218 e. The van der Waals surface area contributed by atoms with Gasteiger partial charge in [0.1, 0.15) is 12.1 Å². The van der Waals surface area contributed by atoms with Crippen LogP contribution < -0.4 is 10.1 Å². The van der Waals surface area contributed by atoms with Gasteiger partial charge in [0.15, 0.2) is 0 Å². The van der Waals surface area contributed by atoms with Crippen molar-refractivity contribution in [2.45, 2.75) is 33.3 Å². The van der Waals surface area contributed by atoms with Crippen molar-refractivity contribution in [1.29, 1.82) is 0 Å². The summed E-state index contributed by atoms with van der Waals surface area (Å²) in [6.07, 6.45) is 2.61. The van der Waals surface area contributed by atoms with Gasteiger partial charge in [0.2, 0.25) is 5.88 Å². The van der Waals surface area contributed by atoms with E-state index in [0.29, 0.717) is 5.88 Å². The molecule has 1 heterocycles. The Hall–Kier alpha value is -2.10. The molecular weight excluding hydrogens is 250 g/mol. The summed E-state index contributed by atoms with van der Waals surface area (Å²) in [5.41, 5.74) is 2.67. The van der Waals surface area contributed by atoms with Crippen LogP contribution in [0.15, 0.2) is 36.7 Å². The molecule has 0 aliphatic heterocycles. The van der Waals surface area contributed by atoms with Crippen LogP contribution in [0.3, 0.4) is 0 Å². The Morgan fingerprint density at radius 2 is 2.00 bits per heavy atom. The van der Waals surface area contributed by atoms with Gasteiger partial charge in [-0.25, -0.2) is 9.97 Å². The van der Waals surface area contributed by atoms with Gasteiger partial charge in [0, 0.05) is 12.6 Å². The first-order valence-corrected chi connectivity index (χ1v) is 6.92. The van der Waals surface area contributed by atoms with Gasteiger partial charge in [0.25, 0.3) is 0 Å². The lowest BCUT2D eigenvalue weighted by Crippen LogP contribution is -2.10. The number of benzene rings is 1. The molecule has 106 valence electrons. The number of anilines is 1. The second-order valence-corrected chi connectivity index (χ2v) is 5.01. The second-order valence-electron chi connectivity index (χ2n) is 5.01. The van der Waals surface area contributed by atoms with E-state index in [0.717, 1.165) is 18.8 Å². The van der Waals surface area contributed by atoms with Crippen LogP contribution in [-0.2, 0) is 6.42 Å². The highest BCUT2D eigenvalue weighted by atomic mass is 16.5. The van der Waals surface area contributed by atoms with E-state index in [2.05, 4.69) is 46.5 Å². The summed E-state index contributed by atoms with van der Waals surface area (Å²) >= 11 is 0. The molecule has 0 saturated heterocycles. The summed E-state index contributed by atoms with van der Waals surface area (Å²) in [5, 5.41) is 3.30. The molecule has 0 unspecified atom stereocenters. The number of nitrogens with one attached hydrogen (secondary N) is 1. The van der Waals surface area contributed by atoms with Crippen molar-refractivity contribution < 1.29 is 4.74 Å². The minimum absolute atomic E-state index is 0.115. The SMILES string of the molecule is Cc1ccccc1CCNc1cc(OC(C)C)ncn1. The van der Waals surface area contributed by atoms with Gasteiger partial charge in [-0.3, -0.25) is 0 Å². The van der Waals surface area contributed by atoms with Gasteiger partial charge in [-0.1, -0.05) is 24.3 Å². The van der Waals surface area contributed by atoms with Gasteiger partial charge in [-0.15, -0.1) is 0 Å². The lowest BCUT2D eigenvalue weighted by atomic mass is 10.1. The van der Waals surface area contributed by atoms with E-state index in [1.165, 1.54) is 17.5 Å². The normalized spacial score (nSPS) is 10.6. The Morgan fingerprint density at radius 3 is 2.75 bits per heavy atom. The quantitative estimate of drug-likeness (QED) is 0.876. The number of rotatable bonds is 6. The highest BCUT2D eigenvalue weighted by Gasteiger charge is 2.02. The van der Waals surface area contributed by atoms with Gasteiger partial charge in [-0.05, 0) is 38.3 Å². The second kappa shape index (κ2) is 6.89. The van der Waals surface area contributed by atoms with Crippen LogP contribution in [0.1, 0.15) is 25.0 Å². The van der Waals surface area contributed by atoms with E-state index in [-0.39, 0.29) is 6.10 Å². The highest BCUT2D eigenvalue weighted by molar-refractivity contribution is 5.37. The molecule has 0 aliphatic carbocycles. The van der Waals surface area contributed by atoms with Crippen LogP contribution in [0.25, 0.3) is 0 Å². The zero-order valence-electron chi connectivity index (χ0n) is 12.3. The first kappa shape index (κ1) is 14.3. The molecular formula is C16H21N3O. The Balaban J connectivity index is 1.89. The third-order valence-electron chi connectivity index (χ3n) is 2.96. The topological polar surface area (TPSA) is 47.0 Å². The molecule has 1 aromatic carbocycles. The maximum atomic E-state index is 5.55. The summed E-state index contributed by atoms with van der Waals surface area (Å²) in [6.45, 7) is 6.93. The third kappa shape index (κ3) is 4.23. The van der Waals surface area contributed by atoms with Crippen molar-refractivity contribution in [3.8, 4) is 5.88 Å². The van der Waals surface area contributed by atoms with Gasteiger partial charge in [0.05, 0.1) is 6.10 Å². The number of hydrogen-bond donors (Lipinski definition) is 1. The standard InChI is InChI=1S/C16H21N3O/c1-12(2)20-16-10-15(18-11-19-16)17-9-8-14-7-5-4-6-13(14)3/h4-7,10-12H,8-9H2,1-3H3,(H,17,18,19). The highest BCUT2D eigenvalue weighted by Crippen LogP contribution is 2.13. The number of aromatic nitrogens is 2. The number of ether oxygens (including phenoxy) is 1. The number of aryl methyl sites for hydroxylation is 1. The summed E-state index contributed by atoms with van der Waals surface area (Å²) in [4.78, 5) is 8.28. The molecule has 20 heavy (non-hydrogen) atoms. The van der Waals surface area contributed by atoms with E-state index in [9.17, 15) is 0 Å². The van der Waals surface area contributed by atoms with Crippen molar-refractivity contribution in [3.63, 3.8) is 0 Å². The molecule has 2 aromatic rings. The molecule has 2 rings (SSSR count). The average molecular weight is 271 g/mol. The maximum Gasteiger partial charge on any atom is 0.218 e. The number of nitrogens with zero attached hydrogens (tertiary/aromatic N) is 2. The summed E-state index contributed by atoms with van der Waals surface area (Å²) < 4.78 is 5.55. The molecule has 1 N–H and O–H groups in total. The van der Waals surface area contributed by atoms with Crippen LogP contribution in [-0.4, -0.2) is 22.6 Å². The van der Waals surface area contributed by atoms with Gasteiger partial charge in [-0.2, -0.15) is 0 Å². The molecule has 0 fully saturated rings. The van der Waals surface area contributed by atoms with Crippen molar-refractivity contribution in [2.75, 3.05) is 11.9 Å². The van der Waals surface area contributed by atoms with Crippen molar-refractivity contribution in [2.24, 2.45) is 0 Å². The summed E-state index contributed by atoms with van der Waals surface area (Å²) in [7, 11) is 0. The van der Waals surface area contributed by atoms with Crippen LogP contribution in [0.5, 0.6) is 5.88 Å². The van der Waals surface area contributed by atoms with Crippen LogP contribution in [0, 0.1) is 6.92 Å². The summed E-state index contributed by atoms with van der Waals surface area (Å²) in [5.74, 6) is 1.40. The monoisotopic (exact) mass is 271 g/mol. The van der Waals surface area contributed by atoms with Crippen molar-refractivity contribution >= 4 is 5.82 Å². The minimum atomic E-state index is 0.115. The first-order chi connectivity index (χ1) is 9.65. The van der Waals surface area contributed by atoms with Gasteiger partial charge >= 0.3 is 0 Å². The molecule has 4 nitrogen and oxygen atoms in total. The average Bonchev–Trinajstić information content (AvgIpc) is 2.41. The molecule has 0 amide bonds. The fourth-order valence-corrected chi connectivity index (χ4v) is 1.96. The van der Waals surface area contributed by atoms with Crippen LogP contribution >= 0.6 is 0 Å². The predicted molar refractivity (Wildman–Crippen MR) is 81.2 cm³/mol. The predicted octanol–water partition coefficient (Wildman–Crippen LogP) is 3.23. The molecule has 1 aromatic heterocycles. The number of hydrogen-bond acceptors (Lipinski definition) is 4. The molecule has 0 aliphatic rings. The lowest BCUT2D eigenvalue weighted by Gasteiger charge is -2.10. The third-order valence-corrected chi connectivity index (χ3v) is 2.96. The minimum Gasteiger partial charge on any atom is -0.475 e. The largest absolute Gasteiger partial charge is 0.475 e. The molecule has 4 heteroatoms. The van der Waals surface area contributed by atoms with Crippen molar-refractivity contribution in [1.82, 2.24) is 9.97 Å². The fraction of sp³-hybridized carbons (Fsp3) is 0.375. The molecule has 0 saturated carbocycles. The zero-order chi connectivity index (χ0) is 14.4. The lowest BCUT2D eigenvalue weighted by molar-refractivity contribution is 0.232. The first-order valence-electron chi connectivity index (χ1n) is 6.92. The Morgan fingerprint density at radius 1 is 1.20 bits per heavy atom. The fourth-order valence-electron chi connectivity index (χ4n) is 1.96.